The van der Waals surface area contributed by atoms with E-state index in [2.05, 4.69) is 6.92 Å². The number of hydrogen-bond donors (Lipinski definition) is 1. The minimum Gasteiger partial charge on any atom is -0.464 e. The summed E-state index contributed by atoms with van der Waals surface area (Å²) in [6, 6.07) is -0.441. The summed E-state index contributed by atoms with van der Waals surface area (Å²) in [7, 11) is 0. The Kier molecular flexibility index (Phi) is 6.97. The first kappa shape index (κ1) is 14.8. The molecule has 2 unspecified atom stereocenters. The third-order valence-electron chi connectivity index (χ3n) is 3.44. The van der Waals surface area contributed by atoms with E-state index in [0.717, 1.165) is 11.7 Å². The van der Waals surface area contributed by atoms with Crippen LogP contribution in [-0.4, -0.2) is 30.6 Å². The Balaban J connectivity index is 2.18. The normalized spacial score (nSPS) is 26.5. The van der Waals surface area contributed by atoms with Crippen molar-refractivity contribution in [3.05, 3.63) is 0 Å². The summed E-state index contributed by atoms with van der Waals surface area (Å²) >= 11 is 1.71. The second-order valence-corrected chi connectivity index (χ2v) is 6.14. The fraction of sp³-hybridized carbons (Fsp3) is 0.923. The number of hydrogen-bond acceptors (Lipinski definition) is 4. The number of rotatable bonds is 6. The number of nitrogens with two attached hydrogens (primary N) is 1. The standard InChI is InChI=1S/C13H25NO2S/c1-10-4-3-5-11(8-10)9-16-13(15)12(14)6-7-17-2/h10-12H,3-9,14H2,1-2H3/t10?,11?,12-/m1/s1. The van der Waals surface area contributed by atoms with Gasteiger partial charge in [-0.05, 0) is 43.1 Å². The monoisotopic (exact) mass is 259 g/mol. The Hall–Kier alpha value is -0.220. The molecule has 4 heteroatoms. The van der Waals surface area contributed by atoms with Gasteiger partial charge in [-0.3, -0.25) is 4.79 Å². The highest BCUT2D eigenvalue weighted by atomic mass is 32.2. The van der Waals surface area contributed by atoms with Gasteiger partial charge in [-0.2, -0.15) is 11.8 Å². The van der Waals surface area contributed by atoms with E-state index in [9.17, 15) is 4.79 Å². The second kappa shape index (κ2) is 7.98. The fourth-order valence-electron chi connectivity index (χ4n) is 2.38. The van der Waals surface area contributed by atoms with Crippen LogP contribution in [-0.2, 0) is 9.53 Å². The van der Waals surface area contributed by atoms with Crippen LogP contribution >= 0.6 is 11.8 Å². The molecular formula is C13H25NO2S. The first-order valence-corrected chi connectivity index (χ1v) is 7.94. The van der Waals surface area contributed by atoms with Crippen molar-refractivity contribution in [1.29, 1.82) is 0 Å². The van der Waals surface area contributed by atoms with Crippen LogP contribution in [0.25, 0.3) is 0 Å². The summed E-state index contributed by atoms with van der Waals surface area (Å²) in [4.78, 5) is 11.6. The molecule has 3 atom stereocenters. The number of carbonyl (C=O) groups is 1. The number of esters is 1. The summed E-state index contributed by atoms with van der Waals surface area (Å²) in [5.74, 6) is 2.02. The highest BCUT2D eigenvalue weighted by molar-refractivity contribution is 7.98. The van der Waals surface area contributed by atoms with Gasteiger partial charge < -0.3 is 10.5 Å². The molecule has 1 aliphatic carbocycles. The van der Waals surface area contributed by atoms with Gasteiger partial charge in [0.1, 0.15) is 6.04 Å². The van der Waals surface area contributed by atoms with Gasteiger partial charge in [-0.15, -0.1) is 0 Å². The molecule has 2 N–H and O–H groups in total. The molecule has 0 aromatic heterocycles. The predicted octanol–water partition coefficient (Wildman–Crippen LogP) is 2.44. The average Bonchev–Trinajstić information content (AvgIpc) is 2.33. The maximum absolute atomic E-state index is 11.6. The van der Waals surface area contributed by atoms with Crippen molar-refractivity contribution >= 4 is 17.7 Å². The number of carbonyl (C=O) groups excluding carboxylic acids is 1. The SMILES string of the molecule is CSCC[C@@H](N)C(=O)OCC1CCCC(C)C1. The lowest BCUT2D eigenvalue weighted by Crippen LogP contribution is -2.34. The van der Waals surface area contributed by atoms with Crippen LogP contribution in [0.2, 0.25) is 0 Å². The largest absolute Gasteiger partial charge is 0.464 e. The Morgan fingerprint density at radius 3 is 2.94 bits per heavy atom. The van der Waals surface area contributed by atoms with E-state index >= 15 is 0 Å². The molecule has 0 saturated heterocycles. The summed E-state index contributed by atoms with van der Waals surface area (Å²) < 4.78 is 5.32. The van der Waals surface area contributed by atoms with Crippen molar-refractivity contribution < 1.29 is 9.53 Å². The van der Waals surface area contributed by atoms with E-state index in [1.54, 1.807) is 11.8 Å². The highest BCUT2D eigenvalue weighted by Crippen LogP contribution is 2.28. The van der Waals surface area contributed by atoms with E-state index in [1.807, 2.05) is 6.26 Å². The van der Waals surface area contributed by atoms with Crippen molar-refractivity contribution in [1.82, 2.24) is 0 Å². The van der Waals surface area contributed by atoms with Gasteiger partial charge in [-0.25, -0.2) is 0 Å². The van der Waals surface area contributed by atoms with Gasteiger partial charge in [0.2, 0.25) is 0 Å². The summed E-state index contributed by atoms with van der Waals surface area (Å²) in [6.07, 6.45) is 7.69. The van der Waals surface area contributed by atoms with Crippen LogP contribution in [0.3, 0.4) is 0 Å². The molecule has 0 heterocycles. The zero-order valence-corrected chi connectivity index (χ0v) is 11.8. The highest BCUT2D eigenvalue weighted by Gasteiger charge is 2.21. The molecule has 0 aromatic rings. The molecule has 0 spiro atoms. The lowest BCUT2D eigenvalue weighted by Gasteiger charge is -2.26. The van der Waals surface area contributed by atoms with Crippen LogP contribution in [0.15, 0.2) is 0 Å². The Labute approximate surface area is 109 Å². The molecule has 1 fully saturated rings. The summed E-state index contributed by atoms with van der Waals surface area (Å²) in [5.41, 5.74) is 5.76. The Morgan fingerprint density at radius 2 is 2.29 bits per heavy atom. The van der Waals surface area contributed by atoms with Crippen LogP contribution in [0.4, 0.5) is 0 Å². The van der Waals surface area contributed by atoms with E-state index in [4.69, 9.17) is 10.5 Å². The van der Waals surface area contributed by atoms with E-state index in [1.165, 1.54) is 25.7 Å². The average molecular weight is 259 g/mol. The van der Waals surface area contributed by atoms with Crippen LogP contribution in [0.5, 0.6) is 0 Å². The molecule has 17 heavy (non-hydrogen) atoms. The molecule has 0 bridgehead atoms. The molecule has 3 nitrogen and oxygen atoms in total. The molecular weight excluding hydrogens is 234 g/mol. The zero-order chi connectivity index (χ0) is 12.7. The first-order valence-electron chi connectivity index (χ1n) is 6.54. The summed E-state index contributed by atoms with van der Waals surface area (Å²) in [6.45, 7) is 2.84. The maximum Gasteiger partial charge on any atom is 0.322 e. The molecule has 0 amide bonds. The quantitative estimate of drug-likeness (QED) is 0.744. The molecule has 1 saturated carbocycles. The third-order valence-corrected chi connectivity index (χ3v) is 4.09. The smallest absolute Gasteiger partial charge is 0.322 e. The van der Waals surface area contributed by atoms with Gasteiger partial charge in [0, 0.05) is 0 Å². The first-order chi connectivity index (χ1) is 8.13. The van der Waals surface area contributed by atoms with Gasteiger partial charge in [0.15, 0.2) is 0 Å². The second-order valence-electron chi connectivity index (χ2n) is 5.16. The van der Waals surface area contributed by atoms with E-state index in [0.29, 0.717) is 18.9 Å². The van der Waals surface area contributed by atoms with Gasteiger partial charge >= 0.3 is 5.97 Å². The van der Waals surface area contributed by atoms with Gasteiger partial charge in [0.05, 0.1) is 6.61 Å². The minimum absolute atomic E-state index is 0.225. The number of ether oxygens (including phenoxy) is 1. The van der Waals surface area contributed by atoms with Crippen molar-refractivity contribution in [3.8, 4) is 0 Å². The number of thioether (sulfide) groups is 1. The summed E-state index contributed by atoms with van der Waals surface area (Å²) in [5, 5.41) is 0. The molecule has 0 aliphatic heterocycles. The van der Waals surface area contributed by atoms with Crippen molar-refractivity contribution in [2.75, 3.05) is 18.6 Å². The van der Waals surface area contributed by atoms with Crippen molar-refractivity contribution in [2.45, 2.75) is 45.1 Å². The molecule has 1 rings (SSSR count). The predicted molar refractivity (Wildman–Crippen MR) is 73.1 cm³/mol. The van der Waals surface area contributed by atoms with Gasteiger partial charge in [-0.1, -0.05) is 19.8 Å². The molecule has 0 aromatic carbocycles. The van der Waals surface area contributed by atoms with Crippen molar-refractivity contribution in [3.63, 3.8) is 0 Å². The lowest BCUT2D eigenvalue weighted by atomic mass is 9.83. The maximum atomic E-state index is 11.6. The van der Waals surface area contributed by atoms with Crippen LogP contribution in [0, 0.1) is 11.8 Å². The Bertz CT molecular complexity index is 235. The van der Waals surface area contributed by atoms with Crippen LogP contribution < -0.4 is 5.73 Å². The van der Waals surface area contributed by atoms with E-state index in [-0.39, 0.29) is 5.97 Å². The van der Waals surface area contributed by atoms with Crippen molar-refractivity contribution in [2.24, 2.45) is 17.6 Å². The molecule has 0 radical (unpaired) electrons. The van der Waals surface area contributed by atoms with E-state index < -0.39 is 6.04 Å². The third kappa shape index (κ3) is 5.77. The van der Waals surface area contributed by atoms with Crippen LogP contribution in [0.1, 0.15) is 39.0 Å². The zero-order valence-electron chi connectivity index (χ0n) is 11.0. The topological polar surface area (TPSA) is 52.3 Å². The molecule has 1 aliphatic rings. The van der Waals surface area contributed by atoms with Gasteiger partial charge in [0.25, 0.3) is 0 Å². The Morgan fingerprint density at radius 1 is 1.53 bits per heavy atom. The fourth-order valence-corrected chi connectivity index (χ4v) is 2.87. The molecule has 100 valence electrons. The minimum atomic E-state index is -0.441. The lowest BCUT2D eigenvalue weighted by molar-refractivity contribution is -0.147.